The van der Waals surface area contributed by atoms with Crippen LogP contribution in [0.4, 0.5) is 0 Å². The zero-order valence-electron chi connectivity index (χ0n) is 18.2. The van der Waals surface area contributed by atoms with Crippen LogP contribution >= 0.6 is 22.6 Å². The second kappa shape index (κ2) is 11.6. The van der Waals surface area contributed by atoms with Crippen molar-refractivity contribution in [1.82, 2.24) is 0 Å². The molecule has 31 heavy (non-hydrogen) atoms. The highest BCUT2D eigenvalue weighted by Gasteiger charge is 2.21. The average molecular weight is 548 g/mol. The van der Waals surface area contributed by atoms with Crippen LogP contribution in [0.1, 0.15) is 43.1 Å². The van der Waals surface area contributed by atoms with Crippen molar-refractivity contribution in [2.45, 2.75) is 38.3 Å². The van der Waals surface area contributed by atoms with E-state index in [1.54, 1.807) is 24.3 Å². The van der Waals surface area contributed by atoms with Crippen LogP contribution < -0.4 is 23.7 Å². The molecule has 2 rings (SSSR count). The van der Waals surface area contributed by atoms with Gasteiger partial charge in [0, 0.05) is 0 Å². The molecule has 0 radical (unpaired) electrons. The Labute approximate surface area is 195 Å². The Balaban J connectivity index is 2.17. The fourth-order valence-corrected chi connectivity index (χ4v) is 3.91. The minimum atomic E-state index is -0.994. The minimum absolute atomic E-state index is 0.296. The van der Waals surface area contributed by atoms with Crippen molar-refractivity contribution in [2.24, 2.45) is 0 Å². The van der Waals surface area contributed by atoms with E-state index < -0.39 is 18.5 Å². The lowest BCUT2D eigenvalue weighted by molar-refractivity contribution is -0.00279. The summed E-state index contributed by atoms with van der Waals surface area (Å²) in [5, 5.41) is 30.9. The topological polar surface area (TPSA) is 107 Å². The molecular weight excluding hydrogens is 519 g/mol. The van der Waals surface area contributed by atoms with Crippen LogP contribution in [0.25, 0.3) is 0 Å². The highest BCUT2D eigenvalue weighted by atomic mass is 127. The van der Waals surface area contributed by atoms with E-state index in [0.717, 1.165) is 0 Å². The number of rotatable bonds is 11. The first-order chi connectivity index (χ1) is 14.7. The molecule has 2 aromatic carbocycles. The minimum Gasteiger partial charge on any atom is -0.493 e. The number of halogens is 1. The highest BCUT2D eigenvalue weighted by molar-refractivity contribution is 14.1. The van der Waals surface area contributed by atoms with E-state index in [-0.39, 0.29) is 0 Å². The molecule has 0 spiro atoms. The van der Waals surface area contributed by atoms with Crippen molar-refractivity contribution in [2.75, 3.05) is 28.4 Å². The number of benzene rings is 2. The van der Waals surface area contributed by atoms with E-state index in [4.69, 9.17) is 23.7 Å². The molecule has 0 saturated carbocycles. The third-order valence-electron chi connectivity index (χ3n) is 4.71. The standard InChI is InChI=1S/C22H29IO8/c1-12(24)31-21-15(23)8-13(9-18(21)27-2)16(25)6-7-17(26)14-10-19(28-3)22(30-5)20(11-14)29-4/h8-12,16-17,24-26H,6-7H2,1-5H3. The quantitative estimate of drug-likeness (QED) is 0.289. The zero-order valence-corrected chi connectivity index (χ0v) is 20.4. The van der Waals surface area contributed by atoms with Gasteiger partial charge in [0.15, 0.2) is 29.3 Å². The van der Waals surface area contributed by atoms with Gasteiger partial charge in [0.25, 0.3) is 0 Å². The van der Waals surface area contributed by atoms with Gasteiger partial charge in [-0.3, -0.25) is 0 Å². The lowest BCUT2D eigenvalue weighted by Crippen LogP contribution is -2.12. The lowest BCUT2D eigenvalue weighted by atomic mass is 9.98. The van der Waals surface area contributed by atoms with Gasteiger partial charge in [-0.05, 0) is 77.7 Å². The lowest BCUT2D eigenvalue weighted by Gasteiger charge is -2.20. The van der Waals surface area contributed by atoms with Crippen molar-refractivity contribution in [3.63, 3.8) is 0 Å². The van der Waals surface area contributed by atoms with E-state index in [9.17, 15) is 15.3 Å². The molecule has 0 aliphatic heterocycles. The van der Waals surface area contributed by atoms with Crippen LogP contribution in [0.15, 0.2) is 24.3 Å². The monoisotopic (exact) mass is 548 g/mol. The van der Waals surface area contributed by atoms with Gasteiger partial charge >= 0.3 is 0 Å². The molecule has 0 bridgehead atoms. The van der Waals surface area contributed by atoms with E-state index >= 15 is 0 Å². The van der Waals surface area contributed by atoms with Crippen LogP contribution in [-0.2, 0) is 0 Å². The van der Waals surface area contributed by atoms with Gasteiger partial charge in [-0.15, -0.1) is 0 Å². The van der Waals surface area contributed by atoms with Crippen molar-refractivity contribution in [3.05, 3.63) is 39.0 Å². The number of methoxy groups -OCH3 is 4. The van der Waals surface area contributed by atoms with Crippen LogP contribution in [-0.4, -0.2) is 50.0 Å². The van der Waals surface area contributed by atoms with Gasteiger partial charge in [0.2, 0.25) is 5.75 Å². The Morgan fingerprint density at radius 3 is 1.52 bits per heavy atom. The molecule has 172 valence electrons. The maximum Gasteiger partial charge on any atom is 0.203 e. The molecule has 3 unspecified atom stereocenters. The van der Waals surface area contributed by atoms with Crippen molar-refractivity contribution in [3.8, 4) is 28.7 Å². The highest BCUT2D eigenvalue weighted by Crippen LogP contribution is 2.41. The zero-order chi connectivity index (χ0) is 23.1. The van der Waals surface area contributed by atoms with Gasteiger partial charge < -0.3 is 39.0 Å². The maximum atomic E-state index is 10.7. The Bertz CT molecular complexity index is 846. The molecule has 0 aliphatic carbocycles. The van der Waals surface area contributed by atoms with E-state index in [1.165, 1.54) is 35.4 Å². The van der Waals surface area contributed by atoms with E-state index in [2.05, 4.69) is 22.6 Å². The predicted octanol–water partition coefficient (Wildman–Crippen LogP) is 3.59. The third-order valence-corrected chi connectivity index (χ3v) is 5.51. The molecule has 9 heteroatoms. The summed E-state index contributed by atoms with van der Waals surface area (Å²) < 4.78 is 27.4. The molecular formula is C22H29IO8. The molecule has 3 N–H and O–H groups in total. The van der Waals surface area contributed by atoms with Crippen molar-refractivity contribution < 1.29 is 39.0 Å². The van der Waals surface area contributed by atoms with Crippen molar-refractivity contribution in [1.29, 1.82) is 0 Å². The summed E-state index contributed by atoms with van der Waals surface area (Å²) in [6.45, 7) is 1.50. The molecule has 0 heterocycles. The molecule has 3 atom stereocenters. The summed E-state index contributed by atoms with van der Waals surface area (Å²) in [5.41, 5.74) is 1.21. The molecule has 0 aliphatic rings. The molecule has 0 aromatic heterocycles. The largest absolute Gasteiger partial charge is 0.493 e. The summed E-state index contributed by atoms with van der Waals surface area (Å²) >= 11 is 2.06. The summed E-state index contributed by atoms with van der Waals surface area (Å²) in [4.78, 5) is 0. The average Bonchev–Trinajstić information content (AvgIpc) is 2.76. The first-order valence-corrected chi connectivity index (χ1v) is 10.7. The summed E-state index contributed by atoms with van der Waals surface area (Å²) in [6.07, 6.45) is -2.08. The number of aliphatic hydroxyl groups is 3. The van der Waals surface area contributed by atoms with Gasteiger partial charge in [-0.1, -0.05) is 0 Å². The normalized spacial score (nSPS) is 13.8. The fraction of sp³-hybridized carbons (Fsp3) is 0.455. The first-order valence-electron chi connectivity index (χ1n) is 9.63. The molecule has 8 nitrogen and oxygen atoms in total. The van der Waals surface area contributed by atoms with Gasteiger partial charge in [-0.2, -0.15) is 0 Å². The van der Waals surface area contributed by atoms with Crippen LogP contribution in [0.5, 0.6) is 28.7 Å². The number of ether oxygens (including phenoxy) is 5. The second-order valence-electron chi connectivity index (χ2n) is 6.82. The molecule has 2 aromatic rings. The maximum absolute atomic E-state index is 10.7. The second-order valence-corrected chi connectivity index (χ2v) is 7.98. The number of hydrogen-bond acceptors (Lipinski definition) is 8. The fourth-order valence-electron chi connectivity index (χ4n) is 3.16. The summed E-state index contributed by atoms with van der Waals surface area (Å²) in [7, 11) is 6.03. The molecule has 0 saturated heterocycles. The van der Waals surface area contributed by atoms with Gasteiger partial charge in [0.05, 0.1) is 44.2 Å². The Morgan fingerprint density at radius 1 is 0.710 bits per heavy atom. The third kappa shape index (κ3) is 6.28. The van der Waals surface area contributed by atoms with Gasteiger partial charge in [0.1, 0.15) is 0 Å². The Morgan fingerprint density at radius 2 is 1.13 bits per heavy atom. The van der Waals surface area contributed by atoms with Crippen LogP contribution in [0.3, 0.4) is 0 Å². The summed E-state index contributed by atoms with van der Waals surface area (Å²) in [5.74, 6) is 2.16. The summed E-state index contributed by atoms with van der Waals surface area (Å²) in [6, 6.07) is 6.80. The smallest absolute Gasteiger partial charge is 0.203 e. The first kappa shape index (κ1) is 25.3. The van der Waals surface area contributed by atoms with Gasteiger partial charge in [-0.25, -0.2) is 0 Å². The molecule has 0 fully saturated rings. The van der Waals surface area contributed by atoms with Crippen LogP contribution in [0, 0.1) is 3.57 Å². The van der Waals surface area contributed by atoms with E-state index in [1.807, 2.05) is 0 Å². The SMILES string of the molecule is COc1cc(C(O)CCC(O)c2cc(OC)c(OC)c(OC)c2)cc(I)c1OC(C)O. The van der Waals surface area contributed by atoms with Crippen LogP contribution in [0.2, 0.25) is 0 Å². The van der Waals surface area contributed by atoms with Crippen molar-refractivity contribution >= 4 is 22.6 Å². The number of hydrogen-bond donors (Lipinski definition) is 3. The van der Waals surface area contributed by atoms with E-state index in [0.29, 0.717) is 56.3 Å². The predicted molar refractivity (Wildman–Crippen MR) is 123 cm³/mol. The number of aliphatic hydroxyl groups excluding tert-OH is 3. The Hall–Kier alpha value is -1.95. The Kier molecular flexibility index (Phi) is 9.48. The molecule has 0 amide bonds.